The normalized spacial score (nSPS) is 11.9. The second-order valence-corrected chi connectivity index (χ2v) is 8.77. The predicted octanol–water partition coefficient (Wildman–Crippen LogP) is 1.57. The fourth-order valence-electron chi connectivity index (χ4n) is 2.63. The van der Waals surface area contributed by atoms with E-state index in [1.165, 1.54) is 39.0 Å². The van der Waals surface area contributed by atoms with Gasteiger partial charge in [0.1, 0.15) is 28.1 Å². The zero-order valence-corrected chi connectivity index (χ0v) is 20.3. The third kappa shape index (κ3) is 7.46. The molecule has 0 aliphatic heterocycles. The van der Waals surface area contributed by atoms with Crippen LogP contribution in [-0.2, 0) is 14.4 Å². The fourth-order valence-corrected chi connectivity index (χ4v) is 2.63. The van der Waals surface area contributed by atoms with Crippen LogP contribution in [0.15, 0.2) is 42.5 Å². The fraction of sp³-hybridized carbons (Fsp3) is 0.346. The molecule has 0 radical (unpaired) electrons. The standard InChI is InChI=1S/C26H30O10/c1-17(31)34-20-8-6-18(7-9-20)4-5-19-10-21(35-23(32)25(2,13-27)14-28)12-22(11-19)36-24(33)26(3,15-29)16-30/h4-12,27-30H,13-16H2,1-3H3/b5-4+. The molecule has 2 aromatic rings. The predicted molar refractivity (Wildman–Crippen MR) is 129 cm³/mol. The van der Waals surface area contributed by atoms with Gasteiger partial charge in [-0.2, -0.15) is 0 Å². The van der Waals surface area contributed by atoms with Crippen molar-refractivity contribution in [1.82, 2.24) is 0 Å². The first-order valence-electron chi connectivity index (χ1n) is 11.0. The zero-order valence-electron chi connectivity index (χ0n) is 20.3. The highest BCUT2D eigenvalue weighted by atomic mass is 16.6. The summed E-state index contributed by atoms with van der Waals surface area (Å²) in [5, 5.41) is 37.9. The van der Waals surface area contributed by atoms with E-state index in [-0.39, 0.29) is 11.5 Å². The van der Waals surface area contributed by atoms with Gasteiger partial charge >= 0.3 is 17.9 Å². The first kappa shape index (κ1) is 28.7. The maximum Gasteiger partial charge on any atom is 0.321 e. The van der Waals surface area contributed by atoms with Crippen molar-refractivity contribution in [3.63, 3.8) is 0 Å². The Morgan fingerprint density at radius 1 is 0.667 bits per heavy atom. The van der Waals surface area contributed by atoms with Crippen LogP contribution in [0.25, 0.3) is 12.2 Å². The van der Waals surface area contributed by atoms with E-state index in [0.717, 1.165) is 5.56 Å². The number of carbonyl (C=O) groups excluding carboxylic acids is 3. The molecule has 0 saturated heterocycles. The van der Waals surface area contributed by atoms with Crippen molar-refractivity contribution >= 4 is 30.1 Å². The molecule has 0 aliphatic carbocycles. The molecule has 0 fully saturated rings. The van der Waals surface area contributed by atoms with Gasteiger partial charge in [-0.05, 0) is 49.2 Å². The Bertz CT molecular complexity index is 1050. The van der Waals surface area contributed by atoms with Crippen molar-refractivity contribution in [3.8, 4) is 17.2 Å². The molecule has 0 amide bonds. The summed E-state index contributed by atoms with van der Waals surface area (Å²) in [7, 11) is 0. The van der Waals surface area contributed by atoms with Gasteiger partial charge in [0.25, 0.3) is 0 Å². The largest absolute Gasteiger partial charge is 0.427 e. The van der Waals surface area contributed by atoms with Crippen LogP contribution >= 0.6 is 0 Å². The molecular weight excluding hydrogens is 472 g/mol. The van der Waals surface area contributed by atoms with Gasteiger partial charge < -0.3 is 34.6 Å². The minimum atomic E-state index is -1.56. The maximum absolute atomic E-state index is 12.5. The van der Waals surface area contributed by atoms with E-state index in [1.807, 2.05) is 0 Å². The van der Waals surface area contributed by atoms with E-state index in [1.54, 1.807) is 36.4 Å². The lowest BCUT2D eigenvalue weighted by atomic mass is 9.93. The average Bonchev–Trinajstić information content (AvgIpc) is 2.86. The molecule has 4 N–H and O–H groups in total. The molecule has 36 heavy (non-hydrogen) atoms. The highest BCUT2D eigenvalue weighted by Crippen LogP contribution is 2.29. The Morgan fingerprint density at radius 3 is 1.47 bits per heavy atom. The van der Waals surface area contributed by atoms with Crippen LogP contribution in [0.1, 0.15) is 31.9 Å². The zero-order chi connectivity index (χ0) is 26.9. The Labute approximate surface area is 208 Å². The highest BCUT2D eigenvalue weighted by molar-refractivity contribution is 5.81. The van der Waals surface area contributed by atoms with Crippen molar-refractivity contribution in [2.45, 2.75) is 20.8 Å². The van der Waals surface area contributed by atoms with Gasteiger partial charge in [0, 0.05) is 13.0 Å². The van der Waals surface area contributed by atoms with E-state index in [9.17, 15) is 34.8 Å². The molecule has 0 bridgehead atoms. The molecule has 0 unspecified atom stereocenters. The lowest BCUT2D eigenvalue weighted by Gasteiger charge is -2.23. The average molecular weight is 503 g/mol. The molecule has 2 rings (SSSR count). The monoisotopic (exact) mass is 502 g/mol. The first-order chi connectivity index (χ1) is 17.0. The summed E-state index contributed by atoms with van der Waals surface area (Å²) in [6.45, 7) is 1.33. The summed E-state index contributed by atoms with van der Waals surface area (Å²) in [6.07, 6.45) is 3.35. The molecule has 0 aliphatic rings. The summed E-state index contributed by atoms with van der Waals surface area (Å²) < 4.78 is 15.7. The number of hydrogen-bond donors (Lipinski definition) is 4. The van der Waals surface area contributed by atoms with Crippen LogP contribution in [0.5, 0.6) is 17.2 Å². The van der Waals surface area contributed by atoms with Crippen LogP contribution in [0.4, 0.5) is 0 Å². The first-order valence-corrected chi connectivity index (χ1v) is 11.0. The van der Waals surface area contributed by atoms with Gasteiger partial charge in [0.2, 0.25) is 0 Å². The Kier molecular flexibility index (Phi) is 9.88. The number of esters is 3. The second-order valence-electron chi connectivity index (χ2n) is 8.77. The number of benzene rings is 2. The van der Waals surface area contributed by atoms with Crippen LogP contribution in [0.3, 0.4) is 0 Å². The maximum atomic E-state index is 12.5. The van der Waals surface area contributed by atoms with E-state index < -0.39 is 55.2 Å². The van der Waals surface area contributed by atoms with Gasteiger partial charge in [-0.1, -0.05) is 24.3 Å². The lowest BCUT2D eigenvalue weighted by Crippen LogP contribution is -2.39. The van der Waals surface area contributed by atoms with E-state index in [2.05, 4.69) is 0 Å². The van der Waals surface area contributed by atoms with Gasteiger partial charge in [-0.25, -0.2) is 0 Å². The molecule has 2 aromatic carbocycles. The number of hydrogen-bond acceptors (Lipinski definition) is 10. The SMILES string of the molecule is CC(=O)Oc1ccc(/C=C/c2cc(OC(=O)C(C)(CO)CO)cc(OC(=O)C(C)(CO)CO)c2)cc1. The summed E-state index contributed by atoms with van der Waals surface area (Å²) in [4.78, 5) is 36.1. The van der Waals surface area contributed by atoms with Crippen molar-refractivity contribution in [2.75, 3.05) is 26.4 Å². The Balaban J connectivity index is 2.38. The lowest BCUT2D eigenvalue weighted by molar-refractivity contribution is -0.150. The van der Waals surface area contributed by atoms with Crippen LogP contribution in [0.2, 0.25) is 0 Å². The molecule has 10 nitrogen and oxygen atoms in total. The van der Waals surface area contributed by atoms with Crippen molar-refractivity contribution in [3.05, 3.63) is 53.6 Å². The number of aliphatic hydroxyl groups is 4. The molecule has 0 heterocycles. The molecule has 0 aromatic heterocycles. The van der Waals surface area contributed by atoms with Gasteiger partial charge in [0.05, 0.1) is 26.4 Å². The molecular formula is C26H30O10. The number of ether oxygens (including phenoxy) is 3. The summed E-state index contributed by atoms with van der Waals surface area (Å²) >= 11 is 0. The number of rotatable bonds is 11. The smallest absolute Gasteiger partial charge is 0.321 e. The van der Waals surface area contributed by atoms with Gasteiger partial charge in [0.15, 0.2) is 0 Å². The second kappa shape index (κ2) is 12.4. The van der Waals surface area contributed by atoms with Gasteiger partial charge in [-0.15, -0.1) is 0 Å². The number of carbonyl (C=O) groups is 3. The Hall–Kier alpha value is -3.57. The van der Waals surface area contributed by atoms with E-state index in [0.29, 0.717) is 11.3 Å². The molecule has 0 spiro atoms. The minimum Gasteiger partial charge on any atom is -0.427 e. The minimum absolute atomic E-state index is 0.0296. The summed E-state index contributed by atoms with van der Waals surface area (Å²) in [5.41, 5.74) is -1.91. The third-order valence-corrected chi connectivity index (χ3v) is 5.31. The summed E-state index contributed by atoms with van der Waals surface area (Å²) in [5.74, 6) is -1.92. The topological polar surface area (TPSA) is 160 Å². The number of aliphatic hydroxyl groups excluding tert-OH is 4. The highest BCUT2D eigenvalue weighted by Gasteiger charge is 2.35. The Morgan fingerprint density at radius 2 is 1.08 bits per heavy atom. The quantitative estimate of drug-likeness (QED) is 0.202. The van der Waals surface area contributed by atoms with E-state index >= 15 is 0 Å². The third-order valence-electron chi connectivity index (χ3n) is 5.31. The van der Waals surface area contributed by atoms with Crippen LogP contribution < -0.4 is 14.2 Å². The molecule has 0 saturated carbocycles. The van der Waals surface area contributed by atoms with Crippen molar-refractivity contribution in [2.24, 2.45) is 10.8 Å². The molecule has 10 heteroatoms. The van der Waals surface area contributed by atoms with Crippen LogP contribution in [0, 0.1) is 10.8 Å². The molecule has 0 atom stereocenters. The van der Waals surface area contributed by atoms with Crippen LogP contribution in [-0.4, -0.2) is 64.8 Å². The van der Waals surface area contributed by atoms with Crippen molar-refractivity contribution < 1.29 is 49.0 Å². The van der Waals surface area contributed by atoms with Gasteiger partial charge in [-0.3, -0.25) is 14.4 Å². The van der Waals surface area contributed by atoms with E-state index in [4.69, 9.17) is 14.2 Å². The molecule has 194 valence electrons. The van der Waals surface area contributed by atoms with Crippen molar-refractivity contribution in [1.29, 1.82) is 0 Å². The summed E-state index contributed by atoms with van der Waals surface area (Å²) in [6, 6.07) is 10.9.